The third kappa shape index (κ3) is 3.26. The lowest BCUT2D eigenvalue weighted by molar-refractivity contribution is -0.138. The highest BCUT2D eigenvalue weighted by atomic mass is 16.2. The van der Waals surface area contributed by atoms with Crippen molar-refractivity contribution in [3.63, 3.8) is 0 Å². The van der Waals surface area contributed by atoms with E-state index < -0.39 is 5.41 Å². The molecule has 4 aliphatic rings. The van der Waals surface area contributed by atoms with E-state index >= 15 is 0 Å². The van der Waals surface area contributed by atoms with Gasteiger partial charge < -0.3 is 15.3 Å². The molecule has 1 heterocycles. The van der Waals surface area contributed by atoms with Gasteiger partial charge in [-0.25, -0.2) is 0 Å². The maximum atomic E-state index is 13.4. The molecule has 32 heavy (non-hydrogen) atoms. The van der Waals surface area contributed by atoms with Crippen LogP contribution < -0.4 is 5.32 Å². The Hall–Kier alpha value is -2.63. The Morgan fingerprint density at radius 2 is 2.09 bits per heavy atom. The number of aliphatic hydroxyl groups is 1. The highest BCUT2D eigenvalue weighted by molar-refractivity contribution is 6.03. The van der Waals surface area contributed by atoms with E-state index in [0.717, 1.165) is 31.9 Å². The first-order valence-electron chi connectivity index (χ1n) is 12.0. The zero-order valence-electron chi connectivity index (χ0n) is 18.7. The van der Waals surface area contributed by atoms with Crippen LogP contribution in [0.2, 0.25) is 0 Å². The number of aliphatic hydroxyl groups excluding tert-OH is 1. The van der Waals surface area contributed by atoms with Crippen molar-refractivity contribution < 1.29 is 19.5 Å². The number of ketones is 1. The number of rotatable bonds is 3. The van der Waals surface area contributed by atoms with Gasteiger partial charge in [0, 0.05) is 30.5 Å². The molecule has 3 fully saturated rings. The molecule has 0 spiro atoms. The third-order valence-electron chi connectivity index (χ3n) is 8.70. The van der Waals surface area contributed by atoms with Gasteiger partial charge in [0.25, 0.3) is 0 Å². The minimum atomic E-state index is -0.471. The van der Waals surface area contributed by atoms with Crippen molar-refractivity contribution >= 4 is 17.6 Å². The van der Waals surface area contributed by atoms with Gasteiger partial charge in [0.2, 0.25) is 11.8 Å². The van der Waals surface area contributed by atoms with Crippen molar-refractivity contribution in [2.75, 3.05) is 19.6 Å². The van der Waals surface area contributed by atoms with E-state index in [-0.39, 0.29) is 36.0 Å². The van der Waals surface area contributed by atoms with Crippen LogP contribution in [0.1, 0.15) is 56.1 Å². The van der Waals surface area contributed by atoms with Gasteiger partial charge in [0.15, 0.2) is 5.78 Å². The molecule has 2 N–H and O–H groups in total. The first kappa shape index (κ1) is 21.2. The van der Waals surface area contributed by atoms with Crippen molar-refractivity contribution in [1.82, 2.24) is 10.2 Å². The average molecular weight is 437 g/mol. The van der Waals surface area contributed by atoms with Crippen LogP contribution in [0.5, 0.6) is 0 Å². The molecule has 5 rings (SSSR count). The summed E-state index contributed by atoms with van der Waals surface area (Å²) in [6.45, 7) is 3.20. The Morgan fingerprint density at radius 3 is 2.88 bits per heavy atom. The molecule has 3 aliphatic carbocycles. The fourth-order valence-electron chi connectivity index (χ4n) is 7.25. The van der Waals surface area contributed by atoms with Crippen LogP contribution in [-0.2, 0) is 20.8 Å². The molecule has 2 saturated carbocycles. The van der Waals surface area contributed by atoms with E-state index in [0.29, 0.717) is 43.3 Å². The van der Waals surface area contributed by atoms with E-state index in [9.17, 15) is 19.5 Å². The average Bonchev–Trinajstić information content (AvgIpc) is 3.03. The molecular weight excluding hydrogens is 404 g/mol. The van der Waals surface area contributed by atoms with Crippen LogP contribution in [0.4, 0.5) is 0 Å². The first-order valence-corrected chi connectivity index (χ1v) is 12.0. The molecule has 1 aromatic carbocycles. The predicted octanol–water partition coefficient (Wildman–Crippen LogP) is 3.13. The number of carbonyl (C=O) groups is 3. The minimum Gasteiger partial charge on any atom is -0.515 e. The molecule has 0 radical (unpaired) electrons. The minimum absolute atomic E-state index is 0.0421. The number of hydrogen-bond donors (Lipinski definition) is 2. The van der Waals surface area contributed by atoms with Gasteiger partial charge in [-0.15, -0.1) is 0 Å². The number of Topliss-reactive ketones (excluding diaryl/α,β-unsaturated/α-hetero) is 1. The van der Waals surface area contributed by atoms with E-state index in [2.05, 4.69) is 36.5 Å². The molecule has 5 atom stereocenters. The molecule has 3 unspecified atom stereocenters. The predicted molar refractivity (Wildman–Crippen MR) is 120 cm³/mol. The monoisotopic (exact) mass is 436 g/mol. The van der Waals surface area contributed by atoms with E-state index in [1.807, 2.05) is 0 Å². The standard InChI is InChI=1S/C26H32N2O4/c1-26-11-10-18-17-5-3-2-4-16(17)6-7-19(18)24(26)20(21(15-29)25(26)32)8-9-23(31)28-13-12-27-22(30)14-28/h2-5,15,18-20,24,29H,6-14H2,1H3,(H,27,30)/b21-15-/t18?,19?,20-,24?,26+/m1/s1. The largest absolute Gasteiger partial charge is 0.515 e. The lowest BCUT2D eigenvalue weighted by atomic mass is 9.54. The number of aryl methyl sites for hydroxylation is 1. The zero-order valence-corrected chi connectivity index (χ0v) is 18.7. The Balaban J connectivity index is 1.41. The van der Waals surface area contributed by atoms with Crippen LogP contribution in [0.25, 0.3) is 0 Å². The van der Waals surface area contributed by atoms with Crippen LogP contribution in [0, 0.1) is 23.2 Å². The maximum absolute atomic E-state index is 13.4. The summed E-state index contributed by atoms with van der Waals surface area (Å²) in [6.07, 6.45) is 5.73. The Labute approximate surface area is 189 Å². The van der Waals surface area contributed by atoms with Gasteiger partial charge in [-0.3, -0.25) is 14.4 Å². The van der Waals surface area contributed by atoms with Gasteiger partial charge in [-0.1, -0.05) is 31.2 Å². The number of fused-ring (bicyclic) bond motifs is 5. The topological polar surface area (TPSA) is 86.7 Å². The lowest BCUT2D eigenvalue weighted by Crippen LogP contribution is -2.50. The number of hydrogen-bond acceptors (Lipinski definition) is 4. The smallest absolute Gasteiger partial charge is 0.239 e. The molecule has 170 valence electrons. The first-order chi connectivity index (χ1) is 15.4. The maximum Gasteiger partial charge on any atom is 0.239 e. The summed E-state index contributed by atoms with van der Waals surface area (Å²) in [5.74, 6) is 0.742. The summed E-state index contributed by atoms with van der Waals surface area (Å²) in [4.78, 5) is 39.6. The molecular formula is C26H32N2O4. The number of amides is 2. The van der Waals surface area contributed by atoms with Gasteiger partial charge in [-0.2, -0.15) is 0 Å². The summed E-state index contributed by atoms with van der Waals surface area (Å²) < 4.78 is 0. The number of piperazine rings is 1. The number of nitrogens with zero attached hydrogens (tertiary/aromatic N) is 1. The van der Waals surface area contributed by atoms with Crippen molar-refractivity contribution in [1.29, 1.82) is 0 Å². The summed E-state index contributed by atoms with van der Waals surface area (Å²) in [6, 6.07) is 8.68. The van der Waals surface area contributed by atoms with Crippen LogP contribution >= 0.6 is 0 Å². The summed E-state index contributed by atoms with van der Waals surface area (Å²) >= 11 is 0. The number of benzene rings is 1. The van der Waals surface area contributed by atoms with E-state index in [1.54, 1.807) is 4.90 Å². The summed E-state index contributed by atoms with van der Waals surface area (Å²) in [5.41, 5.74) is 2.88. The van der Waals surface area contributed by atoms with Gasteiger partial charge in [0.1, 0.15) is 0 Å². The second-order valence-electron chi connectivity index (χ2n) is 10.2. The second-order valence-corrected chi connectivity index (χ2v) is 10.2. The quantitative estimate of drug-likeness (QED) is 0.563. The molecule has 1 aliphatic heterocycles. The van der Waals surface area contributed by atoms with Crippen LogP contribution in [-0.4, -0.2) is 47.2 Å². The zero-order chi connectivity index (χ0) is 22.5. The molecule has 1 aromatic rings. The van der Waals surface area contributed by atoms with Crippen molar-refractivity contribution in [3.8, 4) is 0 Å². The molecule has 2 amide bonds. The molecule has 6 heteroatoms. The fourth-order valence-corrected chi connectivity index (χ4v) is 7.25. The van der Waals surface area contributed by atoms with Gasteiger partial charge in [0.05, 0.1) is 12.8 Å². The second kappa shape index (κ2) is 8.05. The summed E-state index contributed by atoms with van der Waals surface area (Å²) in [5, 5.41) is 12.8. The van der Waals surface area contributed by atoms with E-state index in [4.69, 9.17) is 0 Å². The molecule has 1 saturated heterocycles. The van der Waals surface area contributed by atoms with Crippen molar-refractivity contribution in [2.45, 2.75) is 51.4 Å². The fraction of sp³-hybridized carbons (Fsp3) is 0.577. The number of nitrogens with one attached hydrogen (secondary N) is 1. The molecule has 0 aromatic heterocycles. The highest BCUT2D eigenvalue weighted by Crippen LogP contribution is 2.63. The number of allylic oxidation sites excluding steroid dienone is 1. The van der Waals surface area contributed by atoms with Gasteiger partial charge >= 0.3 is 0 Å². The Bertz CT molecular complexity index is 986. The lowest BCUT2D eigenvalue weighted by Gasteiger charge is -2.49. The highest BCUT2D eigenvalue weighted by Gasteiger charge is 2.60. The molecule has 6 nitrogen and oxygen atoms in total. The van der Waals surface area contributed by atoms with Crippen LogP contribution in [0.3, 0.4) is 0 Å². The number of carbonyl (C=O) groups excluding carboxylic acids is 3. The van der Waals surface area contributed by atoms with Crippen molar-refractivity contribution in [3.05, 3.63) is 47.2 Å². The summed E-state index contributed by atoms with van der Waals surface area (Å²) in [7, 11) is 0. The van der Waals surface area contributed by atoms with Crippen molar-refractivity contribution in [2.24, 2.45) is 23.2 Å². The Kier molecular flexibility index (Phi) is 5.34. The normalized spacial score (nSPS) is 35.2. The third-order valence-corrected chi connectivity index (χ3v) is 8.70. The SMILES string of the molecule is C[C@]12CCC3c4ccccc4CCC3C1[C@H](CCC(=O)N1CCNC(=O)C1)/C(=C/O)C2=O. The Morgan fingerprint density at radius 1 is 1.28 bits per heavy atom. The molecule has 0 bridgehead atoms. The van der Waals surface area contributed by atoms with E-state index in [1.165, 1.54) is 11.1 Å². The van der Waals surface area contributed by atoms with Crippen LogP contribution in [0.15, 0.2) is 36.1 Å². The van der Waals surface area contributed by atoms with Gasteiger partial charge in [-0.05, 0) is 66.9 Å².